The zero-order valence-electron chi connectivity index (χ0n) is 13.1. The maximum atomic E-state index is 12.8. The van der Waals surface area contributed by atoms with Crippen LogP contribution in [0.1, 0.15) is 34.8 Å². The first kappa shape index (κ1) is 16.5. The molecule has 5 nitrogen and oxygen atoms in total. The van der Waals surface area contributed by atoms with Gasteiger partial charge >= 0.3 is 0 Å². The Morgan fingerprint density at radius 1 is 1.12 bits per heavy atom. The first-order valence-electron chi connectivity index (χ1n) is 7.78. The van der Waals surface area contributed by atoms with Crippen LogP contribution in [0.15, 0.2) is 42.5 Å². The number of likely N-dealkylation sites (tertiary alicyclic amines) is 1. The fraction of sp³-hybridized carbons (Fsp3) is 0.278. The number of hydrogen-bond donors (Lipinski definition) is 1. The maximum absolute atomic E-state index is 12.8. The highest BCUT2D eigenvalue weighted by atomic mass is 35.5. The highest BCUT2D eigenvalue weighted by Crippen LogP contribution is 2.39. The number of nitrogens with zero attached hydrogens (tertiary/aromatic N) is 1. The summed E-state index contributed by atoms with van der Waals surface area (Å²) in [4.78, 5) is 14.8. The Morgan fingerprint density at radius 3 is 2.79 bits per heavy atom. The number of amides is 1. The fourth-order valence-corrected chi connectivity index (χ4v) is 3.31. The SMILES string of the molecule is Cl.Nc1cccc(C(=O)N2CCCC2c2ccc3c(c2)OCO3)c1. The summed E-state index contributed by atoms with van der Waals surface area (Å²) in [5.41, 5.74) is 8.13. The minimum absolute atomic E-state index is 0. The summed E-state index contributed by atoms with van der Waals surface area (Å²) in [6.45, 7) is 1.02. The summed E-state index contributed by atoms with van der Waals surface area (Å²) < 4.78 is 10.8. The van der Waals surface area contributed by atoms with Crippen LogP contribution < -0.4 is 15.2 Å². The number of carbonyl (C=O) groups excluding carboxylic acids is 1. The largest absolute Gasteiger partial charge is 0.454 e. The quantitative estimate of drug-likeness (QED) is 0.846. The monoisotopic (exact) mass is 346 g/mol. The number of ether oxygens (including phenoxy) is 2. The maximum Gasteiger partial charge on any atom is 0.254 e. The zero-order chi connectivity index (χ0) is 15.8. The molecule has 0 radical (unpaired) electrons. The second-order valence-corrected chi connectivity index (χ2v) is 5.89. The van der Waals surface area contributed by atoms with Crippen LogP contribution >= 0.6 is 12.4 Å². The molecule has 0 bridgehead atoms. The van der Waals surface area contributed by atoms with Gasteiger partial charge in [-0.3, -0.25) is 4.79 Å². The highest BCUT2D eigenvalue weighted by molar-refractivity contribution is 5.95. The second kappa shape index (κ2) is 6.61. The van der Waals surface area contributed by atoms with Gasteiger partial charge < -0.3 is 20.1 Å². The van der Waals surface area contributed by atoms with Crippen molar-refractivity contribution in [2.45, 2.75) is 18.9 Å². The molecule has 2 aromatic rings. The summed E-state index contributed by atoms with van der Waals surface area (Å²) in [5.74, 6) is 1.55. The molecule has 2 aliphatic rings. The summed E-state index contributed by atoms with van der Waals surface area (Å²) in [6.07, 6.45) is 1.95. The Bertz CT molecular complexity index is 766. The molecule has 24 heavy (non-hydrogen) atoms. The summed E-state index contributed by atoms with van der Waals surface area (Å²) >= 11 is 0. The van der Waals surface area contributed by atoms with Crippen molar-refractivity contribution in [2.75, 3.05) is 19.1 Å². The van der Waals surface area contributed by atoms with E-state index >= 15 is 0 Å². The third-order valence-corrected chi connectivity index (χ3v) is 4.43. The van der Waals surface area contributed by atoms with Gasteiger partial charge in [-0.25, -0.2) is 0 Å². The minimum atomic E-state index is 0. The molecule has 1 amide bonds. The van der Waals surface area contributed by atoms with E-state index in [4.69, 9.17) is 15.2 Å². The average Bonchev–Trinajstić information content (AvgIpc) is 3.22. The molecule has 6 heteroatoms. The first-order chi connectivity index (χ1) is 11.2. The third kappa shape index (κ3) is 2.87. The molecule has 2 aromatic carbocycles. The van der Waals surface area contributed by atoms with Gasteiger partial charge in [-0.15, -0.1) is 12.4 Å². The van der Waals surface area contributed by atoms with Gasteiger partial charge in [-0.05, 0) is 48.7 Å². The van der Waals surface area contributed by atoms with Gasteiger partial charge in [-0.2, -0.15) is 0 Å². The van der Waals surface area contributed by atoms with Gasteiger partial charge in [0.1, 0.15) is 0 Å². The van der Waals surface area contributed by atoms with Crippen LogP contribution in [0.3, 0.4) is 0 Å². The van der Waals surface area contributed by atoms with Crippen molar-refractivity contribution in [3.63, 3.8) is 0 Å². The van der Waals surface area contributed by atoms with Crippen LogP contribution in [0.5, 0.6) is 11.5 Å². The van der Waals surface area contributed by atoms with E-state index in [9.17, 15) is 4.79 Å². The smallest absolute Gasteiger partial charge is 0.254 e. The summed E-state index contributed by atoms with van der Waals surface area (Å²) in [7, 11) is 0. The van der Waals surface area contributed by atoms with E-state index < -0.39 is 0 Å². The number of fused-ring (bicyclic) bond motifs is 1. The number of hydrogen-bond acceptors (Lipinski definition) is 4. The van der Waals surface area contributed by atoms with Crippen LogP contribution in [0.25, 0.3) is 0 Å². The third-order valence-electron chi connectivity index (χ3n) is 4.43. The highest BCUT2D eigenvalue weighted by Gasteiger charge is 2.31. The van der Waals surface area contributed by atoms with Gasteiger partial charge in [0, 0.05) is 17.8 Å². The topological polar surface area (TPSA) is 64.8 Å². The van der Waals surface area contributed by atoms with Gasteiger partial charge in [-0.1, -0.05) is 12.1 Å². The van der Waals surface area contributed by atoms with Crippen molar-refractivity contribution in [3.05, 3.63) is 53.6 Å². The number of nitrogen functional groups attached to an aromatic ring is 1. The van der Waals surface area contributed by atoms with E-state index in [1.807, 2.05) is 35.2 Å². The van der Waals surface area contributed by atoms with Crippen molar-refractivity contribution >= 4 is 24.0 Å². The van der Waals surface area contributed by atoms with Crippen molar-refractivity contribution in [2.24, 2.45) is 0 Å². The minimum Gasteiger partial charge on any atom is -0.454 e. The van der Waals surface area contributed by atoms with Crippen LogP contribution in [0.2, 0.25) is 0 Å². The molecule has 0 spiro atoms. The Morgan fingerprint density at radius 2 is 1.96 bits per heavy atom. The van der Waals surface area contributed by atoms with E-state index in [1.165, 1.54) is 0 Å². The van der Waals surface area contributed by atoms with E-state index in [-0.39, 0.29) is 31.1 Å². The van der Waals surface area contributed by atoms with Gasteiger partial charge in [0.05, 0.1) is 6.04 Å². The van der Waals surface area contributed by atoms with Crippen molar-refractivity contribution in [1.29, 1.82) is 0 Å². The second-order valence-electron chi connectivity index (χ2n) is 5.89. The normalized spacial score (nSPS) is 18.3. The standard InChI is InChI=1S/C18H18N2O3.ClH/c19-14-4-1-3-13(9-14)18(21)20-8-2-5-15(20)12-6-7-16-17(10-12)23-11-22-16;/h1,3-4,6-7,9-10,15H,2,5,8,11,19H2;1H. The van der Waals surface area contributed by atoms with Gasteiger partial charge in [0.25, 0.3) is 5.91 Å². The molecule has 0 aliphatic carbocycles. The molecular formula is C18H19ClN2O3. The van der Waals surface area contributed by atoms with Crippen LogP contribution in [-0.4, -0.2) is 24.1 Å². The first-order valence-corrected chi connectivity index (χ1v) is 7.78. The summed E-state index contributed by atoms with van der Waals surface area (Å²) in [6, 6.07) is 13.1. The van der Waals surface area contributed by atoms with E-state index in [2.05, 4.69) is 0 Å². The van der Waals surface area contributed by atoms with E-state index in [0.29, 0.717) is 11.3 Å². The van der Waals surface area contributed by atoms with Gasteiger partial charge in [0.15, 0.2) is 11.5 Å². The molecule has 1 atom stereocenters. The lowest BCUT2D eigenvalue weighted by Crippen LogP contribution is -2.30. The molecule has 1 saturated heterocycles. The Balaban J connectivity index is 0.00000169. The van der Waals surface area contributed by atoms with Crippen molar-refractivity contribution in [1.82, 2.24) is 4.90 Å². The molecule has 4 rings (SSSR count). The Kier molecular flexibility index (Phi) is 4.53. The number of anilines is 1. The predicted molar refractivity (Wildman–Crippen MR) is 93.7 cm³/mol. The number of nitrogens with two attached hydrogens (primary N) is 1. The average molecular weight is 347 g/mol. The van der Waals surface area contributed by atoms with Crippen LogP contribution in [0, 0.1) is 0 Å². The molecule has 1 fully saturated rings. The van der Waals surface area contributed by atoms with Crippen molar-refractivity contribution in [3.8, 4) is 11.5 Å². The van der Waals surface area contributed by atoms with Gasteiger partial charge in [0.2, 0.25) is 6.79 Å². The van der Waals surface area contributed by atoms with E-state index in [0.717, 1.165) is 36.4 Å². The molecular weight excluding hydrogens is 328 g/mol. The molecule has 2 aliphatic heterocycles. The number of benzene rings is 2. The fourth-order valence-electron chi connectivity index (χ4n) is 3.31. The number of carbonyl (C=O) groups is 1. The lowest BCUT2D eigenvalue weighted by molar-refractivity contribution is 0.0735. The molecule has 1 unspecified atom stereocenters. The Labute approximate surface area is 146 Å². The zero-order valence-corrected chi connectivity index (χ0v) is 13.9. The molecule has 2 heterocycles. The molecule has 2 N–H and O–H groups in total. The van der Waals surface area contributed by atoms with E-state index in [1.54, 1.807) is 12.1 Å². The Hall–Kier alpha value is -2.40. The number of rotatable bonds is 2. The predicted octanol–water partition coefficient (Wildman–Crippen LogP) is 3.40. The molecule has 0 aromatic heterocycles. The number of halogens is 1. The van der Waals surface area contributed by atoms with Crippen LogP contribution in [0.4, 0.5) is 5.69 Å². The molecule has 0 saturated carbocycles. The lowest BCUT2D eigenvalue weighted by atomic mass is 10.0. The molecule has 126 valence electrons. The lowest BCUT2D eigenvalue weighted by Gasteiger charge is -2.25. The van der Waals surface area contributed by atoms with Crippen molar-refractivity contribution < 1.29 is 14.3 Å². The van der Waals surface area contributed by atoms with Crippen LogP contribution in [-0.2, 0) is 0 Å². The summed E-state index contributed by atoms with van der Waals surface area (Å²) in [5, 5.41) is 0.